The van der Waals surface area contributed by atoms with Crippen molar-refractivity contribution in [2.75, 3.05) is 6.61 Å². The lowest BCUT2D eigenvalue weighted by atomic mass is 10.2. The van der Waals surface area contributed by atoms with Crippen molar-refractivity contribution in [1.29, 1.82) is 0 Å². The van der Waals surface area contributed by atoms with E-state index in [4.69, 9.17) is 14.4 Å². The van der Waals surface area contributed by atoms with Crippen molar-refractivity contribution in [2.45, 2.75) is 0 Å². The molecule has 2 aromatic rings. The molecule has 1 aromatic carbocycles. The van der Waals surface area contributed by atoms with Crippen molar-refractivity contribution in [3.63, 3.8) is 0 Å². The summed E-state index contributed by atoms with van der Waals surface area (Å²) in [7, 11) is 0. The fourth-order valence-corrected chi connectivity index (χ4v) is 1.16. The number of ether oxygens (including phenoxy) is 1. The number of hydrogen-bond acceptors (Lipinski definition) is 5. The third-order valence-corrected chi connectivity index (χ3v) is 1.78. The molecular weight excluding hydrogens is 202 g/mol. The fourth-order valence-electron chi connectivity index (χ4n) is 1.16. The van der Waals surface area contributed by atoms with Crippen molar-refractivity contribution < 1.29 is 24.3 Å². The van der Waals surface area contributed by atoms with Crippen LogP contribution >= 0.6 is 0 Å². The molecule has 0 spiro atoms. The van der Waals surface area contributed by atoms with Gasteiger partial charge in [0, 0.05) is 0 Å². The minimum atomic E-state index is -1.11. The van der Waals surface area contributed by atoms with Gasteiger partial charge < -0.3 is 19.5 Å². The lowest BCUT2D eigenvalue weighted by Gasteiger charge is -1.97. The summed E-state index contributed by atoms with van der Waals surface area (Å²) in [6, 6.07) is 4.64. The molecule has 0 aliphatic heterocycles. The Bertz CT molecular complexity index is 504. The van der Waals surface area contributed by atoms with E-state index in [1.54, 1.807) is 12.1 Å². The molecule has 0 radical (unpaired) electrons. The largest absolute Gasteiger partial charge is 0.504 e. The van der Waals surface area contributed by atoms with Gasteiger partial charge in [-0.2, -0.15) is 0 Å². The third kappa shape index (κ3) is 1.69. The van der Waals surface area contributed by atoms with Crippen LogP contribution in [0.15, 0.2) is 22.7 Å². The van der Waals surface area contributed by atoms with Crippen LogP contribution in [-0.2, 0) is 4.79 Å². The van der Waals surface area contributed by atoms with E-state index < -0.39 is 12.6 Å². The van der Waals surface area contributed by atoms with E-state index in [0.29, 0.717) is 5.39 Å². The standard InChI is InChI=1S/C9H7NO5/c11-6-3-1-2-5-8(6)15-10-9(5)14-4-7(12)13/h1-3,11H,4H2,(H,12,13). The van der Waals surface area contributed by atoms with E-state index in [9.17, 15) is 9.90 Å². The van der Waals surface area contributed by atoms with Crippen molar-refractivity contribution in [2.24, 2.45) is 0 Å². The van der Waals surface area contributed by atoms with Crippen molar-refractivity contribution >= 4 is 16.9 Å². The molecule has 15 heavy (non-hydrogen) atoms. The summed E-state index contributed by atoms with van der Waals surface area (Å²) in [5.41, 5.74) is 0.179. The number of fused-ring (bicyclic) bond motifs is 1. The number of phenolic OH excluding ortho intramolecular Hbond substituents is 1. The maximum Gasteiger partial charge on any atom is 0.341 e. The number of aromatic hydroxyl groups is 1. The van der Waals surface area contributed by atoms with E-state index in [0.717, 1.165) is 0 Å². The lowest BCUT2D eigenvalue weighted by Crippen LogP contribution is -2.09. The summed E-state index contributed by atoms with van der Waals surface area (Å²) in [5.74, 6) is -1.11. The first kappa shape index (κ1) is 9.32. The van der Waals surface area contributed by atoms with E-state index in [-0.39, 0.29) is 17.2 Å². The minimum Gasteiger partial charge on any atom is -0.504 e. The molecule has 0 unspecified atom stereocenters. The second-order valence-corrected chi connectivity index (χ2v) is 2.82. The zero-order valence-electron chi connectivity index (χ0n) is 7.51. The number of carboxylic acid groups (broad SMARTS) is 1. The van der Waals surface area contributed by atoms with Gasteiger partial charge in [-0.3, -0.25) is 0 Å². The van der Waals surface area contributed by atoms with Gasteiger partial charge in [-0.05, 0) is 17.3 Å². The number of para-hydroxylation sites is 1. The summed E-state index contributed by atoms with van der Waals surface area (Å²) in [5, 5.41) is 21.7. The number of rotatable bonds is 3. The van der Waals surface area contributed by atoms with E-state index in [2.05, 4.69) is 5.16 Å². The Hall–Kier alpha value is -2.24. The predicted octanol–water partition coefficient (Wildman–Crippen LogP) is 0.997. The average Bonchev–Trinajstić information content (AvgIpc) is 2.59. The Balaban J connectivity index is 2.37. The number of benzene rings is 1. The number of hydrogen-bond donors (Lipinski definition) is 2. The summed E-state index contributed by atoms with van der Waals surface area (Å²) in [6.45, 7) is -0.503. The molecule has 2 rings (SSSR count). The number of nitrogens with zero attached hydrogens (tertiary/aromatic N) is 1. The van der Waals surface area contributed by atoms with Crippen LogP contribution in [0.3, 0.4) is 0 Å². The number of carboxylic acids is 1. The quantitative estimate of drug-likeness (QED) is 0.783. The molecule has 0 bridgehead atoms. The molecule has 0 aliphatic carbocycles. The number of phenols is 1. The van der Waals surface area contributed by atoms with Gasteiger partial charge in [-0.15, -0.1) is 0 Å². The predicted molar refractivity (Wildman–Crippen MR) is 48.8 cm³/mol. The highest BCUT2D eigenvalue weighted by Gasteiger charge is 2.13. The lowest BCUT2D eigenvalue weighted by molar-refractivity contribution is -0.139. The van der Waals surface area contributed by atoms with Gasteiger partial charge >= 0.3 is 5.97 Å². The van der Waals surface area contributed by atoms with Crippen molar-refractivity contribution in [1.82, 2.24) is 5.16 Å². The average molecular weight is 209 g/mol. The SMILES string of the molecule is O=C(O)COc1noc2c(O)cccc12. The van der Waals surface area contributed by atoms with Crippen LogP contribution < -0.4 is 4.74 Å². The van der Waals surface area contributed by atoms with Crippen LogP contribution in [0.25, 0.3) is 11.0 Å². The second-order valence-electron chi connectivity index (χ2n) is 2.82. The first-order valence-corrected chi connectivity index (χ1v) is 4.10. The highest BCUT2D eigenvalue weighted by molar-refractivity contribution is 5.86. The normalized spacial score (nSPS) is 10.4. The molecular formula is C9H7NO5. The molecule has 6 nitrogen and oxygen atoms in total. The van der Waals surface area contributed by atoms with Gasteiger partial charge in [0.15, 0.2) is 12.4 Å². The number of aromatic nitrogens is 1. The Kier molecular flexibility index (Phi) is 2.17. The van der Waals surface area contributed by atoms with Crippen LogP contribution in [0, 0.1) is 0 Å². The minimum absolute atomic E-state index is 0.0586. The molecule has 0 saturated heterocycles. The second kappa shape index (κ2) is 3.49. The van der Waals surface area contributed by atoms with Gasteiger partial charge in [0.1, 0.15) is 0 Å². The molecule has 0 saturated carbocycles. The maximum atomic E-state index is 10.3. The monoisotopic (exact) mass is 209 g/mol. The summed E-state index contributed by atoms with van der Waals surface area (Å²) >= 11 is 0. The molecule has 1 aromatic heterocycles. The zero-order valence-corrected chi connectivity index (χ0v) is 7.51. The summed E-state index contributed by atoms with van der Waals surface area (Å²) < 4.78 is 9.65. The Morgan fingerprint density at radius 3 is 3.07 bits per heavy atom. The highest BCUT2D eigenvalue weighted by Crippen LogP contribution is 2.30. The number of aliphatic carboxylic acids is 1. The molecule has 0 aliphatic rings. The van der Waals surface area contributed by atoms with Crippen LogP contribution in [0.2, 0.25) is 0 Å². The molecule has 0 fully saturated rings. The van der Waals surface area contributed by atoms with Crippen molar-refractivity contribution in [3.8, 4) is 11.6 Å². The van der Waals surface area contributed by atoms with E-state index >= 15 is 0 Å². The van der Waals surface area contributed by atoms with Gasteiger partial charge in [0.25, 0.3) is 5.88 Å². The topological polar surface area (TPSA) is 92.8 Å². The molecule has 0 amide bonds. The van der Waals surface area contributed by atoms with E-state index in [1.807, 2.05) is 0 Å². The Morgan fingerprint density at radius 2 is 2.33 bits per heavy atom. The third-order valence-electron chi connectivity index (χ3n) is 1.78. The highest BCUT2D eigenvalue weighted by atomic mass is 16.5. The molecule has 2 N–H and O–H groups in total. The Morgan fingerprint density at radius 1 is 1.53 bits per heavy atom. The number of carbonyl (C=O) groups is 1. The molecule has 78 valence electrons. The summed E-state index contributed by atoms with van der Waals surface area (Å²) in [4.78, 5) is 10.3. The first-order chi connectivity index (χ1) is 7.18. The summed E-state index contributed by atoms with van der Waals surface area (Å²) in [6.07, 6.45) is 0. The maximum absolute atomic E-state index is 10.3. The molecule has 6 heteroatoms. The van der Waals surface area contributed by atoms with E-state index in [1.165, 1.54) is 6.07 Å². The van der Waals surface area contributed by atoms with Crippen LogP contribution in [0.5, 0.6) is 11.6 Å². The zero-order chi connectivity index (χ0) is 10.8. The van der Waals surface area contributed by atoms with Gasteiger partial charge in [-0.1, -0.05) is 6.07 Å². The van der Waals surface area contributed by atoms with Gasteiger partial charge in [-0.25, -0.2) is 4.79 Å². The van der Waals surface area contributed by atoms with Gasteiger partial charge in [0.05, 0.1) is 5.39 Å². The van der Waals surface area contributed by atoms with Crippen LogP contribution in [0.1, 0.15) is 0 Å². The first-order valence-electron chi connectivity index (χ1n) is 4.10. The van der Waals surface area contributed by atoms with Gasteiger partial charge in [0.2, 0.25) is 5.58 Å². The van der Waals surface area contributed by atoms with Crippen LogP contribution in [-0.4, -0.2) is 27.9 Å². The fraction of sp³-hybridized carbons (Fsp3) is 0.111. The smallest absolute Gasteiger partial charge is 0.341 e. The van der Waals surface area contributed by atoms with Crippen LogP contribution in [0.4, 0.5) is 0 Å². The van der Waals surface area contributed by atoms with Crippen molar-refractivity contribution in [3.05, 3.63) is 18.2 Å². The molecule has 1 heterocycles. The molecule has 0 atom stereocenters. The Labute approximate surface area is 83.7 Å².